The highest BCUT2D eigenvalue weighted by Crippen LogP contribution is 2.33. The van der Waals surface area contributed by atoms with Crippen LogP contribution in [-0.4, -0.2) is 11.7 Å². The fourth-order valence-electron chi connectivity index (χ4n) is 2.03. The summed E-state index contributed by atoms with van der Waals surface area (Å²) in [5, 5.41) is 8.85. The zero-order chi connectivity index (χ0) is 13.7. The number of allylic oxidation sites excluding steroid dienone is 5. The van der Waals surface area contributed by atoms with Crippen LogP contribution in [0, 0.1) is 11.2 Å². The van der Waals surface area contributed by atoms with Gasteiger partial charge in [0.2, 0.25) is 0 Å². The molecule has 1 aliphatic rings. The lowest BCUT2D eigenvalue weighted by Crippen LogP contribution is -2.16. The third kappa shape index (κ3) is 3.80. The summed E-state index contributed by atoms with van der Waals surface area (Å²) in [4.78, 5) is 0. The normalized spacial score (nSPS) is 22.6. The molecule has 0 saturated heterocycles. The standard InChI is InChI=1S/C16H17FO2/c1-16(10-3-11-18)9-2-4-15(12-16)19-14-7-5-13(17)6-8-14/h2-10,18H,11-12H2,1H3/b10-3+. The van der Waals surface area contributed by atoms with Gasteiger partial charge in [-0.3, -0.25) is 0 Å². The van der Waals surface area contributed by atoms with Gasteiger partial charge in [0, 0.05) is 11.8 Å². The minimum Gasteiger partial charge on any atom is -0.462 e. The number of aliphatic hydroxyl groups excluding tert-OH is 1. The number of rotatable bonds is 4. The number of ether oxygens (including phenoxy) is 1. The van der Waals surface area contributed by atoms with Crippen LogP contribution >= 0.6 is 0 Å². The summed E-state index contributed by atoms with van der Waals surface area (Å²) in [6, 6.07) is 5.96. The van der Waals surface area contributed by atoms with Crippen molar-refractivity contribution in [1.82, 2.24) is 0 Å². The third-order valence-corrected chi connectivity index (χ3v) is 2.98. The van der Waals surface area contributed by atoms with E-state index in [0.717, 1.165) is 5.76 Å². The number of hydrogen-bond donors (Lipinski definition) is 1. The van der Waals surface area contributed by atoms with Gasteiger partial charge < -0.3 is 9.84 Å². The van der Waals surface area contributed by atoms with Gasteiger partial charge in [0.15, 0.2) is 0 Å². The van der Waals surface area contributed by atoms with Crippen LogP contribution < -0.4 is 4.74 Å². The number of aliphatic hydroxyl groups is 1. The maximum absolute atomic E-state index is 12.8. The quantitative estimate of drug-likeness (QED) is 0.838. The van der Waals surface area contributed by atoms with Crippen molar-refractivity contribution in [3.8, 4) is 5.75 Å². The van der Waals surface area contributed by atoms with E-state index in [-0.39, 0.29) is 17.8 Å². The molecule has 0 aliphatic heterocycles. The molecule has 2 rings (SSSR count). The molecular weight excluding hydrogens is 243 g/mol. The van der Waals surface area contributed by atoms with Gasteiger partial charge in [0.1, 0.15) is 17.3 Å². The number of benzene rings is 1. The van der Waals surface area contributed by atoms with Crippen LogP contribution in [0.25, 0.3) is 0 Å². The first-order valence-corrected chi connectivity index (χ1v) is 6.22. The lowest BCUT2D eigenvalue weighted by atomic mass is 9.82. The van der Waals surface area contributed by atoms with Crippen LogP contribution in [-0.2, 0) is 0 Å². The molecule has 1 aromatic carbocycles. The molecule has 1 N–H and O–H groups in total. The van der Waals surface area contributed by atoms with Gasteiger partial charge in [-0.25, -0.2) is 4.39 Å². The van der Waals surface area contributed by atoms with Crippen molar-refractivity contribution in [1.29, 1.82) is 0 Å². The number of hydrogen-bond acceptors (Lipinski definition) is 2. The minimum atomic E-state index is -0.277. The summed E-state index contributed by atoms with van der Waals surface area (Å²) >= 11 is 0. The summed E-state index contributed by atoms with van der Waals surface area (Å²) in [5.41, 5.74) is -0.160. The summed E-state index contributed by atoms with van der Waals surface area (Å²) in [7, 11) is 0. The zero-order valence-corrected chi connectivity index (χ0v) is 10.8. The van der Waals surface area contributed by atoms with E-state index in [4.69, 9.17) is 9.84 Å². The van der Waals surface area contributed by atoms with E-state index in [9.17, 15) is 4.39 Å². The molecule has 0 spiro atoms. The molecule has 0 radical (unpaired) electrons. The Labute approximate surface area is 112 Å². The van der Waals surface area contributed by atoms with Crippen LogP contribution in [0.2, 0.25) is 0 Å². The summed E-state index contributed by atoms with van der Waals surface area (Å²) in [6.45, 7) is 2.10. The van der Waals surface area contributed by atoms with Crippen molar-refractivity contribution in [2.24, 2.45) is 5.41 Å². The van der Waals surface area contributed by atoms with Crippen molar-refractivity contribution < 1.29 is 14.2 Å². The van der Waals surface area contributed by atoms with Crippen LogP contribution in [0.5, 0.6) is 5.75 Å². The van der Waals surface area contributed by atoms with Gasteiger partial charge in [0.25, 0.3) is 0 Å². The van der Waals surface area contributed by atoms with Crippen LogP contribution in [0.4, 0.5) is 4.39 Å². The predicted octanol–water partition coefficient (Wildman–Crippen LogP) is 3.60. The maximum atomic E-state index is 12.8. The second-order valence-electron chi connectivity index (χ2n) is 4.82. The van der Waals surface area contributed by atoms with Crippen molar-refractivity contribution in [3.63, 3.8) is 0 Å². The average Bonchev–Trinajstić information content (AvgIpc) is 2.39. The molecule has 0 aromatic heterocycles. The molecule has 0 amide bonds. The predicted molar refractivity (Wildman–Crippen MR) is 73.2 cm³/mol. The molecule has 2 nitrogen and oxygen atoms in total. The molecule has 1 aliphatic carbocycles. The van der Waals surface area contributed by atoms with E-state index in [2.05, 4.69) is 13.0 Å². The summed E-state index contributed by atoms with van der Waals surface area (Å²) < 4.78 is 18.5. The van der Waals surface area contributed by atoms with E-state index in [1.54, 1.807) is 18.2 Å². The monoisotopic (exact) mass is 260 g/mol. The molecule has 0 heterocycles. The van der Waals surface area contributed by atoms with Crippen molar-refractivity contribution in [2.75, 3.05) is 6.61 Å². The molecule has 0 saturated carbocycles. The van der Waals surface area contributed by atoms with Gasteiger partial charge in [-0.2, -0.15) is 0 Å². The second-order valence-corrected chi connectivity index (χ2v) is 4.82. The highest BCUT2D eigenvalue weighted by Gasteiger charge is 2.22. The Morgan fingerprint density at radius 2 is 2.11 bits per heavy atom. The molecule has 0 bridgehead atoms. The van der Waals surface area contributed by atoms with Gasteiger partial charge in [-0.1, -0.05) is 31.2 Å². The lowest BCUT2D eigenvalue weighted by Gasteiger charge is -2.26. The van der Waals surface area contributed by atoms with Gasteiger partial charge >= 0.3 is 0 Å². The van der Waals surface area contributed by atoms with Gasteiger partial charge in [-0.05, 0) is 30.3 Å². The van der Waals surface area contributed by atoms with Crippen molar-refractivity contribution >= 4 is 0 Å². The van der Waals surface area contributed by atoms with E-state index in [0.29, 0.717) is 12.2 Å². The molecule has 19 heavy (non-hydrogen) atoms. The number of halogens is 1. The first-order chi connectivity index (χ1) is 9.11. The van der Waals surface area contributed by atoms with Crippen LogP contribution in [0.15, 0.2) is 60.4 Å². The smallest absolute Gasteiger partial charge is 0.127 e. The third-order valence-electron chi connectivity index (χ3n) is 2.98. The molecule has 1 aromatic rings. The lowest BCUT2D eigenvalue weighted by molar-refractivity contribution is 0.335. The minimum absolute atomic E-state index is 0.0291. The van der Waals surface area contributed by atoms with E-state index < -0.39 is 0 Å². The first kappa shape index (κ1) is 13.6. The highest BCUT2D eigenvalue weighted by atomic mass is 19.1. The van der Waals surface area contributed by atoms with Crippen molar-refractivity contribution in [2.45, 2.75) is 13.3 Å². The van der Waals surface area contributed by atoms with E-state index in [1.165, 1.54) is 12.1 Å². The fraction of sp³-hybridized carbons (Fsp3) is 0.250. The molecular formula is C16H17FO2. The summed E-state index contributed by atoms with van der Waals surface area (Å²) in [6.07, 6.45) is 10.3. The van der Waals surface area contributed by atoms with Gasteiger partial charge in [0.05, 0.1) is 6.61 Å². The van der Waals surface area contributed by atoms with Crippen molar-refractivity contribution in [3.05, 3.63) is 66.2 Å². The van der Waals surface area contributed by atoms with Gasteiger partial charge in [-0.15, -0.1) is 0 Å². The largest absolute Gasteiger partial charge is 0.462 e. The molecule has 1 unspecified atom stereocenters. The Bertz CT molecular complexity index is 514. The maximum Gasteiger partial charge on any atom is 0.127 e. The second kappa shape index (κ2) is 5.85. The molecule has 0 fully saturated rings. The Morgan fingerprint density at radius 1 is 1.37 bits per heavy atom. The SMILES string of the molecule is CC1(/C=C/CO)C=CC=C(Oc2ccc(F)cc2)C1. The highest BCUT2D eigenvalue weighted by molar-refractivity contribution is 5.29. The summed E-state index contributed by atoms with van der Waals surface area (Å²) in [5.74, 6) is 1.16. The van der Waals surface area contributed by atoms with Crippen LogP contribution in [0.3, 0.4) is 0 Å². The van der Waals surface area contributed by atoms with Crippen LogP contribution in [0.1, 0.15) is 13.3 Å². The molecule has 1 atom stereocenters. The fourth-order valence-corrected chi connectivity index (χ4v) is 2.03. The Hall–Kier alpha value is -1.87. The molecule has 100 valence electrons. The topological polar surface area (TPSA) is 29.5 Å². The Kier molecular flexibility index (Phi) is 4.17. The average molecular weight is 260 g/mol. The molecule has 3 heteroatoms. The Balaban J connectivity index is 2.06. The van der Waals surface area contributed by atoms with E-state index >= 15 is 0 Å². The Morgan fingerprint density at radius 3 is 2.79 bits per heavy atom. The van der Waals surface area contributed by atoms with E-state index in [1.807, 2.05) is 18.2 Å². The zero-order valence-electron chi connectivity index (χ0n) is 10.8. The first-order valence-electron chi connectivity index (χ1n) is 6.22.